The van der Waals surface area contributed by atoms with E-state index < -0.39 is 0 Å². The zero-order valence-electron chi connectivity index (χ0n) is 18.2. The van der Waals surface area contributed by atoms with Gasteiger partial charge in [0.05, 0.1) is 19.8 Å². The summed E-state index contributed by atoms with van der Waals surface area (Å²) in [7, 11) is 3.34. The van der Waals surface area contributed by atoms with Crippen LogP contribution in [0.3, 0.4) is 0 Å². The molecule has 0 radical (unpaired) electrons. The van der Waals surface area contributed by atoms with Crippen LogP contribution in [0.2, 0.25) is 0 Å². The van der Waals surface area contributed by atoms with Gasteiger partial charge in [0.1, 0.15) is 0 Å². The van der Waals surface area contributed by atoms with Crippen molar-refractivity contribution in [1.29, 1.82) is 0 Å². The van der Waals surface area contributed by atoms with Gasteiger partial charge in [0, 0.05) is 13.2 Å². The molecule has 1 aliphatic rings. The Morgan fingerprint density at radius 3 is 2.52 bits per heavy atom. The van der Waals surface area contributed by atoms with E-state index in [9.17, 15) is 0 Å². The lowest BCUT2D eigenvalue weighted by atomic mass is 9.75. The summed E-state index contributed by atoms with van der Waals surface area (Å²) in [6, 6.07) is 17.1. The third-order valence-electron chi connectivity index (χ3n) is 5.94. The van der Waals surface area contributed by atoms with Crippen LogP contribution in [0.1, 0.15) is 50.2 Å². The van der Waals surface area contributed by atoms with Crippen LogP contribution in [0.5, 0.6) is 11.5 Å². The van der Waals surface area contributed by atoms with E-state index in [2.05, 4.69) is 55.6 Å². The third kappa shape index (κ3) is 5.97. The lowest BCUT2D eigenvalue weighted by Gasteiger charge is -2.39. The van der Waals surface area contributed by atoms with E-state index >= 15 is 0 Å². The van der Waals surface area contributed by atoms with Crippen molar-refractivity contribution in [1.82, 2.24) is 5.32 Å². The van der Waals surface area contributed by atoms with Crippen LogP contribution in [-0.4, -0.2) is 33.0 Å². The molecule has 0 aliphatic carbocycles. The summed E-state index contributed by atoms with van der Waals surface area (Å²) in [6.45, 7) is 7.10. The predicted octanol–water partition coefficient (Wildman–Crippen LogP) is 5.17. The van der Waals surface area contributed by atoms with E-state index in [1.807, 2.05) is 12.1 Å². The molecular weight excluding hydrogens is 362 g/mol. The van der Waals surface area contributed by atoms with E-state index in [-0.39, 0.29) is 5.60 Å². The molecule has 1 saturated heterocycles. The molecule has 0 spiro atoms. The molecule has 2 aromatic carbocycles. The molecule has 1 aliphatic heterocycles. The van der Waals surface area contributed by atoms with E-state index in [1.165, 1.54) is 11.1 Å². The number of hydrogen-bond acceptors (Lipinski definition) is 4. The molecular formula is C25H35NO3. The molecule has 1 heterocycles. The summed E-state index contributed by atoms with van der Waals surface area (Å²) in [4.78, 5) is 0. The number of methoxy groups -OCH3 is 2. The minimum absolute atomic E-state index is 0.0248. The van der Waals surface area contributed by atoms with Crippen molar-refractivity contribution >= 4 is 0 Å². The highest BCUT2D eigenvalue weighted by atomic mass is 16.5. The van der Waals surface area contributed by atoms with E-state index in [0.29, 0.717) is 11.8 Å². The molecule has 4 heteroatoms. The van der Waals surface area contributed by atoms with Gasteiger partial charge in [-0.25, -0.2) is 0 Å². The topological polar surface area (TPSA) is 39.7 Å². The van der Waals surface area contributed by atoms with Gasteiger partial charge in [-0.1, -0.05) is 36.4 Å². The Balaban J connectivity index is 1.60. The SMILES string of the molecule is COc1ccc(CNCC[C@@H](c2ccccc2)[C@@H]2CCOC(C)(C)C2)cc1OC. The number of rotatable bonds is 9. The lowest BCUT2D eigenvalue weighted by Crippen LogP contribution is -2.36. The first-order chi connectivity index (χ1) is 14.0. The average molecular weight is 398 g/mol. The Morgan fingerprint density at radius 1 is 1.07 bits per heavy atom. The highest BCUT2D eigenvalue weighted by Crippen LogP contribution is 2.39. The largest absolute Gasteiger partial charge is 0.493 e. The first-order valence-electron chi connectivity index (χ1n) is 10.6. The monoisotopic (exact) mass is 397 g/mol. The molecule has 158 valence electrons. The maximum Gasteiger partial charge on any atom is 0.161 e. The first-order valence-corrected chi connectivity index (χ1v) is 10.6. The number of hydrogen-bond donors (Lipinski definition) is 1. The van der Waals surface area contributed by atoms with Crippen molar-refractivity contribution in [3.8, 4) is 11.5 Å². The van der Waals surface area contributed by atoms with Gasteiger partial charge in [-0.05, 0) is 74.8 Å². The summed E-state index contributed by atoms with van der Waals surface area (Å²) in [5, 5.41) is 3.62. The van der Waals surface area contributed by atoms with Gasteiger partial charge < -0.3 is 19.5 Å². The van der Waals surface area contributed by atoms with Crippen LogP contribution in [0.4, 0.5) is 0 Å². The Morgan fingerprint density at radius 2 is 1.83 bits per heavy atom. The van der Waals surface area contributed by atoms with Crippen LogP contribution in [0.25, 0.3) is 0 Å². The normalized spacial score (nSPS) is 19.5. The van der Waals surface area contributed by atoms with Gasteiger partial charge in [0.2, 0.25) is 0 Å². The molecule has 0 unspecified atom stereocenters. The summed E-state index contributed by atoms with van der Waals surface area (Å²) < 4.78 is 16.7. The highest BCUT2D eigenvalue weighted by molar-refractivity contribution is 5.42. The predicted molar refractivity (Wildman–Crippen MR) is 118 cm³/mol. The molecule has 2 aromatic rings. The smallest absolute Gasteiger partial charge is 0.161 e. The fourth-order valence-corrected chi connectivity index (χ4v) is 4.48. The van der Waals surface area contributed by atoms with Crippen molar-refractivity contribution in [3.05, 3.63) is 59.7 Å². The van der Waals surface area contributed by atoms with Gasteiger partial charge in [0.15, 0.2) is 11.5 Å². The molecule has 0 aromatic heterocycles. The maximum atomic E-state index is 5.97. The van der Waals surface area contributed by atoms with Crippen LogP contribution < -0.4 is 14.8 Å². The van der Waals surface area contributed by atoms with Crippen molar-refractivity contribution in [2.45, 2.75) is 51.2 Å². The van der Waals surface area contributed by atoms with Gasteiger partial charge >= 0.3 is 0 Å². The first kappa shape index (κ1) is 21.7. The van der Waals surface area contributed by atoms with Crippen molar-refractivity contribution in [2.75, 3.05) is 27.4 Å². The fraction of sp³-hybridized carbons (Fsp3) is 0.520. The van der Waals surface area contributed by atoms with Gasteiger partial charge in [0.25, 0.3) is 0 Å². The average Bonchev–Trinajstić information content (AvgIpc) is 2.73. The van der Waals surface area contributed by atoms with E-state index in [4.69, 9.17) is 14.2 Å². The Labute approximate surface area is 175 Å². The van der Waals surface area contributed by atoms with Crippen LogP contribution in [-0.2, 0) is 11.3 Å². The quantitative estimate of drug-likeness (QED) is 0.593. The van der Waals surface area contributed by atoms with Crippen molar-refractivity contribution in [3.63, 3.8) is 0 Å². The molecule has 1 N–H and O–H groups in total. The van der Waals surface area contributed by atoms with Crippen LogP contribution in [0, 0.1) is 5.92 Å². The van der Waals surface area contributed by atoms with E-state index in [0.717, 1.165) is 50.5 Å². The maximum absolute atomic E-state index is 5.97. The molecule has 1 fully saturated rings. The molecule has 2 atom stereocenters. The summed E-state index contributed by atoms with van der Waals surface area (Å²) in [5.74, 6) is 2.75. The standard InChI is InChI=1S/C25H35NO3/c1-25(2)17-21(13-15-29-25)22(20-8-6-5-7-9-20)12-14-26-18-19-10-11-23(27-3)24(16-19)28-4/h5-11,16,21-22,26H,12-15,17-18H2,1-4H3/t21-,22+/m1/s1. The zero-order chi connectivity index (χ0) is 20.7. The lowest BCUT2D eigenvalue weighted by molar-refractivity contribution is -0.0771. The Kier molecular flexibility index (Phi) is 7.57. The van der Waals surface area contributed by atoms with Crippen molar-refractivity contribution in [2.24, 2.45) is 5.92 Å². The molecule has 0 bridgehead atoms. The molecule has 4 nitrogen and oxygen atoms in total. The Bertz CT molecular complexity index is 760. The van der Waals surface area contributed by atoms with Gasteiger partial charge in [-0.15, -0.1) is 0 Å². The van der Waals surface area contributed by atoms with Gasteiger partial charge in [-0.3, -0.25) is 0 Å². The highest BCUT2D eigenvalue weighted by Gasteiger charge is 2.33. The second kappa shape index (κ2) is 10.1. The third-order valence-corrected chi connectivity index (χ3v) is 5.94. The second-order valence-electron chi connectivity index (χ2n) is 8.53. The van der Waals surface area contributed by atoms with Gasteiger partial charge in [-0.2, -0.15) is 0 Å². The molecule has 3 rings (SSSR count). The van der Waals surface area contributed by atoms with Crippen LogP contribution >= 0.6 is 0 Å². The summed E-state index contributed by atoms with van der Waals surface area (Å²) >= 11 is 0. The summed E-state index contributed by atoms with van der Waals surface area (Å²) in [6.07, 6.45) is 3.37. The molecule has 29 heavy (non-hydrogen) atoms. The zero-order valence-corrected chi connectivity index (χ0v) is 18.2. The molecule has 0 saturated carbocycles. The Hall–Kier alpha value is -2.04. The van der Waals surface area contributed by atoms with E-state index in [1.54, 1.807) is 14.2 Å². The van der Waals surface area contributed by atoms with Crippen LogP contribution in [0.15, 0.2) is 48.5 Å². The minimum atomic E-state index is -0.0248. The number of ether oxygens (including phenoxy) is 3. The fourth-order valence-electron chi connectivity index (χ4n) is 4.48. The van der Waals surface area contributed by atoms with Crippen molar-refractivity contribution < 1.29 is 14.2 Å². The summed E-state index contributed by atoms with van der Waals surface area (Å²) in [5.41, 5.74) is 2.62. The second-order valence-corrected chi connectivity index (χ2v) is 8.53. The molecule has 0 amide bonds. The minimum Gasteiger partial charge on any atom is -0.493 e. The number of benzene rings is 2. The number of nitrogens with one attached hydrogen (secondary N) is 1.